The molecule has 2 aliphatic rings. The molecule has 7 heteroatoms. The Hall–Kier alpha value is -3.97. The summed E-state index contributed by atoms with van der Waals surface area (Å²) in [5.74, 6) is 0.116. The molecule has 37 heavy (non-hydrogen) atoms. The summed E-state index contributed by atoms with van der Waals surface area (Å²) >= 11 is 0. The zero-order chi connectivity index (χ0) is 26.0. The van der Waals surface area contributed by atoms with Crippen LogP contribution in [0.25, 0.3) is 0 Å². The number of anilines is 1. The number of aliphatic imine (C=N–C) groups is 1. The molecule has 5 rings (SSSR count). The molecule has 2 amide bonds. The molecule has 2 aliphatic heterocycles. The Bertz CT molecular complexity index is 1320. The highest BCUT2D eigenvalue weighted by Gasteiger charge is 2.25. The Kier molecular flexibility index (Phi) is 6.80. The molecule has 0 aromatic heterocycles. The molecule has 1 saturated heterocycles. The topological polar surface area (TPSA) is 77.0 Å². The number of amidine groups is 1. The Labute approximate surface area is 218 Å². The molecule has 0 saturated carbocycles. The van der Waals surface area contributed by atoms with Gasteiger partial charge in [0.15, 0.2) is 0 Å². The van der Waals surface area contributed by atoms with Crippen molar-refractivity contribution in [3.05, 3.63) is 101 Å². The van der Waals surface area contributed by atoms with E-state index in [0.29, 0.717) is 23.5 Å². The third-order valence-electron chi connectivity index (χ3n) is 7.19. The lowest BCUT2D eigenvalue weighted by molar-refractivity contribution is 0.0911. The maximum Gasteiger partial charge on any atom is 0.256 e. The third kappa shape index (κ3) is 5.42. The number of carbonyl (C=O) groups excluding carboxylic acids is 2. The van der Waals surface area contributed by atoms with Gasteiger partial charge in [0.25, 0.3) is 11.8 Å². The van der Waals surface area contributed by atoms with Crippen LogP contribution in [0.5, 0.6) is 0 Å². The first-order valence-electron chi connectivity index (χ1n) is 12.7. The van der Waals surface area contributed by atoms with Crippen LogP contribution in [-0.4, -0.2) is 55.8 Å². The number of hydrogen-bond donors (Lipinski definition) is 2. The fourth-order valence-corrected chi connectivity index (χ4v) is 4.78. The fourth-order valence-electron chi connectivity index (χ4n) is 4.78. The maximum absolute atomic E-state index is 13.1. The molecule has 0 atom stereocenters. The van der Waals surface area contributed by atoms with Gasteiger partial charge in [0, 0.05) is 48.6 Å². The predicted octanol–water partition coefficient (Wildman–Crippen LogP) is 3.79. The van der Waals surface area contributed by atoms with Gasteiger partial charge in [0.2, 0.25) is 0 Å². The third-order valence-corrected chi connectivity index (χ3v) is 7.19. The predicted molar refractivity (Wildman–Crippen MR) is 147 cm³/mol. The average molecular weight is 496 g/mol. The first kappa shape index (κ1) is 24.7. The van der Waals surface area contributed by atoms with Crippen LogP contribution in [-0.2, 0) is 12.1 Å². The Morgan fingerprint density at radius 3 is 2.22 bits per heavy atom. The minimum Gasteiger partial charge on any atom is -0.369 e. The molecule has 0 spiro atoms. The van der Waals surface area contributed by atoms with Crippen LogP contribution in [0.4, 0.5) is 5.69 Å². The number of hydrogen-bond acceptors (Lipinski definition) is 5. The molecule has 0 unspecified atom stereocenters. The number of amides is 2. The van der Waals surface area contributed by atoms with Crippen LogP contribution in [0.3, 0.4) is 0 Å². The van der Waals surface area contributed by atoms with Crippen molar-refractivity contribution < 1.29 is 9.59 Å². The second-order valence-corrected chi connectivity index (χ2v) is 10.3. The highest BCUT2D eigenvalue weighted by molar-refractivity contribution is 6.15. The summed E-state index contributed by atoms with van der Waals surface area (Å²) in [6.07, 6.45) is 0. The number of likely N-dealkylation sites (N-methyl/N-ethyl adjacent to an activating group) is 1. The average Bonchev–Trinajstić information content (AvgIpc) is 3.31. The summed E-state index contributed by atoms with van der Waals surface area (Å²) < 4.78 is 0. The van der Waals surface area contributed by atoms with Crippen LogP contribution in [0, 0.1) is 0 Å². The summed E-state index contributed by atoms with van der Waals surface area (Å²) in [6.45, 7) is 8.47. The molecule has 0 aliphatic carbocycles. The van der Waals surface area contributed by atoms with Crippen molar-refractivity contribution in [1.29, 1.82) is 0 Å². The monoisotopic (exact) mass is 495 g/mol. The molecular formula is C30H33N5O2. The lowest BCUT2D eigenvalue weighted by Crippen LogP contribution is -2.44. The van der Waals surface area contributed by atoms with Crippen molar-refractivity contribution >= 4 is 23.3 Å². The van der Waals surface area contributed by atoms with Crippen molar-refractivity contribution in [2.45, 2.75) is 25.9 Å². The van der Waals surface area contributed by atoms with Crippen LogP contribution in [0.1, 0.15) is 51.3 Å². The van der Waals surface area contributed by atoms with Gasteiger partial charge in [-0.1, -0.05) is 36.4 Å². The van der Waals surface area contributed by atoms with Crippen LogP contribution < -0.4 is 15.5 Å². The summed E-state index contributed by atoms with van der Waals surface area (Å²) in [5.41, 5.74) is 4.50. The summed E-state index contributed by atoms with van der Waals surface area (Å²) in [5, 5.41) is 6.08. The van der Waals surface area contributed by atoms with Crippen molar-refractivity contribution in [1.82, 2.24) is 15.5 Å². The number of benzene rings is 3. The van der Waals surface area contributed by atoms with Crippen LogP contribution in [0.15, 0.2) is 77.8 Å². The molecule has 3 aromatic carbocycles. The molecule has 7 nitrogen and oxygen atoms in total. The zero-order valence-electron chi connectivity index (χ0n) is 21.6. The van der Waals surface area contributed by atoms with Gasteiger partial charge in [0.05, 0.1) is 12.1 Å². The number of carbonyl (C=O) groups is 2. The summed E-state index contributed by atoms with van der Waals surface area (Å²) in [6, 6.07) is 23.1. The Morgan fingerprint density at radius 2 is 1.51 bits per heavy atom. The van der Waals surface area contributed by atoms with Crippen molar-refractivity contribution in [3.8, 4) is 0 Å². The van der Waals surface area contributed by atoms with E-state index in [2.05, 4.69) is 32.5 Å². The van der Waals surface area contributed by atoms with Crippen molar-refractivity contribution in [2.24, 2.45) is 4.99 Å². The van der Waals surface area contributed by atoms with Gasteiger partial charge in [-0.05, 0) is 68.4 Å². The summed E-state index contributed by atoms with van der Waals surface area (Å²) in [7, 11) is 2.13. The molecule has 3 aromatic rings. The van der Waals surface area contributed by atoms with E-state index >= 15 is 0 Å². The van der Waals surface area contributed by atoms with Gasteiger partial charge in [-0.3, -0.25) is 14.6 Å². The SMILES string of the molecule is CN1CCN(c2ccc(C(=O)NC3=NCc4ccc(C(=O)NC(C)(C)c5ccccc5)cc43)cc2)CC1. The van der Waals surface area contributed by atoms with E-state index in [4.69, 9.17) is 0 Å². The minimum absolute atomic E-state index is 0.172. The van der Waals surface area contributed by atoms with Crippen molar-refractivity contribution in [3.63, 3.8) is 0 Å². The lowest BCUT2D eigenvalue weighted by Gasteiger charge is -2.34. The van der Waals surface area contributed by atoms with Gasteiger partial charge in [-0.25, -0.2) is 0 Å². The first-order valence-corrected chi connectivity index (χ1v) is 12.7. The van der Waals surface area contributed by atoms with Crippen molar-refractivity contribution in [2.75, 3.05) is 38.1 Å². The minimum atomic E-state index is -0.529. The molecule has 2 heterocycles. The standard InChI is InChI=1S/C30H33N5O2/c1-30(2,24-7-5-4-6-8-24)33-29(37)22-9-10-23-20-31-27(26(23)19-22)32-28(36)21-11-13-25(14-12-21)35-17-15-34(3)16-18-35/h4-14,19H,15-18,20H2,1-3H3,(H,33,37)(H,31,32,36). The molecule has 190 valence electrons. The number of nitrogens with one attached hydrogen (secondary N) is 2. The molecular weight excluding hydrogens is 462 g/mol. The van der Waals surface area contributed by atoms with Gasteiger partial charge < -0.3 is 20.4 Å². The smallest absolute Gasteiger partial charge is 0.256 e. The molecule has 0 bridgehead atoms. The van der Waals surface area contributed by atoms with E-state index in [9.17, 15) is 9.59 Å². The lowest BCUT2D eigenvalue weighted by atomic mass is 9.93. The zero-order valence-corrected chi connectivity index (χ0v) is 21.6. The molecule has 2 N–H and O–H groups in total. The quantitative estimate of drug-likeness (QED) is 0.565. The number of piperazine rings is 1. The van der Waals surface area contributed by atoms with Gasteiger partial charge in [-0.2, -0.15) is 0 Å². The van der Waals surface area contributed by atoms with E-state index in [-0.39, 0.29) is 11.8 Å². The second-order valence-electron chi connectivity index (χ2n) is 10.3. The summed E-state index contributed by atoms with van der Waals surface area (Å²) in [4.78, 5) is 35.3. The van der Waals surface area contributed by atoms with E-state index in [1.165, 1.54) is 0 Å². The highest BCUT2D eigenvalue weighted by Crippen LogP contribution is 2.23. The van der Waals surface area contributed by atoms with E-state index in [0.717, 1.165) is 48.6 Å². The molecule has 1 fully saturated rings. The highest BCUT2D eigenvalue weighted by atomic mass is 16.2. The van der Waals surface area contributed by atoms with Crippen LogP contribution >= 0.6 is 0 Å². The van der Waals surface area contributed by atoms with E-state index in [1.807, 2.05) is 86.6 Å². The molecule has 0 radical (unpaired) electrons. The Balaban J connectivity index is 1.26. The number of fused-ring (bicyclic) bond motifs is 1. The Morgan fingerprint density at radius 1 is 0.838 bits per heavy atom. The normalized spacial score (nSPS) is 15.6. The first-order chi connectivity index (χ1) is 17.8. The second kappa shape index (κ2) is 10.2. The number of nitrogens with zero attached hydrogens (tertiary/aromatic N) is 3. The number of rotatable bonds is 5. The van der Waals surface area contributed by atoms with Gasteiger partial charge >= 0.3 is 0 Å². The van der Waals surface area contributed by atoms with Crippen LogP contribution in [0.2, 0.25) is 0 Å². The largest absolute Gasteiger partial charge is 0.369 e. The fraction of sp³-hybridized carbons (Fsp3) is 0.300. The van der Waals surface area contributed by atoms with E-state index < -0.39 is 5.54 Å². The maximum atomic E-state index is 13.1. The van der Waals surface area contributed by atoms with Gasteiger partial charge in [-0.15, -0.1) is 0 Å². The van der Waals surface area contributed by atoms with E-state index in [1.54, 1.807) is 0 Å². The van der Waals surface area contributed by atoms with Gasteiger partial charge in [0.1, 0.15) is 5.84 Å².